The van der Waals surface area contributed by atoms with Gasteiger partial charge >= 0.3 is 6.03 Å². The number of ether oxygens (including phenoxy) is 1. The summed E-state index contributed by atoms with van der Waals surface area (Å²) in [6.07, 6.45) is 4.45. The number of carbonyl (C=O) groups is 2. The second kappa shape index (κ2) is 14.1. The van der Waals surface area contributed by atoms with Crippen molar-refractivity contribution in [1.82, 2.24) is 14.4 Å². The van der Waals surface area contributed by atoms with Crippen LogP contribution in [-0.4, -0.2) is 59.2 Å². The van der Waals surface area contributed by atoms with Crippen LogP contribution in [0.5, 0.6) is 0 Å². The maximum absolute atomic E-state index is 13.3. The molecule has 0 bridgehead atoms. The minimum atomic E-state index is -0.390. The van der Waals surface area contributed by atoms with E-state index in [0.717, 1.165) is 18.5 Å². The molecular formula is C24H34Cl2N4O3. The molecule has 1 aromatic heterocycles. The number of nitrogens with zero attached hydrogens (tertiary/aromatic N) is 3. The molecule has 9 heteroatoms. The number of carbonyl (C=O) groups excluding carboxylic acids is 2. The molecule has 2 rings (SSSR count). The molecule has 3 amide bonds. The van der Waals surface area contributed by atoms with Gasteiger partial charge in [-0.15, -0.1) is 0 Å². The van der Waals surface area contributed by atoms with E-state index in [1.54, 1.807) is 18.2 Å². The summed E-state index contributed by atoms with van der Waals surface area (Å²) in [5.74, 6) is -0.0987. The highest BCUT2D eigenvalue weighted by molar-refractivity contribution is 6.36. The Morgan fingerprint density at radius 3 is 2.48 bits per heavy atom. The summed E-state index contributed by atoms with van der Waals surface area (Å²) in [5, 5.41) is 3.62. The highest BCUT2D eigenvalue weighted by atomic mass is 35.5. The van der Waals surface area contributed by atoms with Gasteiger partial charge in [0, 0.05) is 50.3 Å². The Morgan fingerprint density at radius 1 is 1.09 bits per heavy atom. The number of nitrogens with one attached hydrogen (secondary N) is 1. The lowest BCUT2D eigenvalue weighted by Gasteiger charge is -2.28. The van der Waals surface area contributed by atoms with Crippen molar-refractivity contribution in [3.63, 3.8) is 0 Å². The van der Waals surface area contributed by atoms with Crippen LogP contribution in [0.1, 0.15) is 38.8 Å². The number of hydrogen-bond acceptors (Lipinski definition) is 3. The fourth-order valence-electron chi connectivity index (χ4n) is 3.30. The number of anilines is 1. The quantitative estimate of drug-likeness (QED) is 0.376. The SMILES string of the molecule is CCCCN(Cc1cccn1C)C(=O)CN(CCCOCC)C(=O)Nc1ccc(Cl)cc1Cl. The predicted molar refractivity (Wildman–Crippen MR) is 134 cm³/mol. The zero-order valence-corrected chi connectivity index (χ0v) is 21.2. The van der Waals surface area contributed by atoms with Crippen LogP contribution in [0.25, 0.3) is 0 Å². The van der Waals surface area contributed by atoms with E-state index in [1.165, 1.54) is 4.90 Å². The topological polar surface area (TPSA) is 66.8 Å². The minimum absolute atomic E-state index is 0.0305. The monoisotopic (exact) mass is 496 g/mol. The third-order valence-corrected chi connectivity index (χ3v) is 5.79. The van der Waals surface area contributed by atoms with Crippen LogP contribution in [-0.2, 0) is 23.1 Å². The molecule has 0 fully saturated rings. The molecule has 0 aliphatic carbocycles. The Labute approximate surface area is 206 Å². The van der Waals surface area contributed by atoms with Crippen molar-refractivity contribution in [2.24, 2.45) is 7.05 Å². The van der Waals surface area contributed by atoms with E-state index in [9.17, 15) is 9.59 Å². The van der Waals surface area contributed by atoms with Crippen LogP contribution < -0.4 is 5.32 Å². The second-order valence-electron chi connectivity index (χ2n) is 7.81. The van der Waals surface area contributed by atoms with Crippen molar-refractivity contribution in [3.8, 4) is 0 Å². The Balaban J connectivity index is 2.13. The fraction of sp³-hybridized carbons (Fsp3) is 0.500. The molecule has 0 spiro atoms. The normalized spacial score (nSPS) is 10.8. The summed E-state index contributed by atoms with van der Waals surface area (Å²) < 4.78 is 7.41. The lowest BCUT2D eigenvalue weighted by molar-refractivity contribution is -0.132. The third kappa shape index (κ3) is 8.91. The number of aryl methyl sites for hydroxylation is 1. The largest absolute Gasteiger partial charge is 0.382 e. The molecule has 0 unspecified atom stereocenters. The number of hydrogen-bond donors (Lipinski definition) is 1. The molecule has 1 N–H and O–H groups in total. The molecule has 182 valence electrons. The molecule has 0 saturated carbocycles. The van der Waals surface area contributed by atoms with E-state index >= 15 is 0 Å². The summed E-state index contributed by atoms with van der Waals surface area (Å²) in [7, 11) is 1.96. The van der Waals surface area contributed by atoms with Crippen molar-refractivity contribution < 1.29 is 14.3 Å². The fourth-order valence-corrected chi connectivity index (χ4v) is 3.76. The Bertz CT molecular complexity index is 904. The third-order valence-electron chi connectivity index (χ3n) is 5.25. The summed E-state index contributed by atoms with van der Waals surface area (Å²) in [6, 6.07) is 8.43. The molecule has 1 aromatic carbocycles. The lowest BCUT2D eigenvalue weighted by Crippen LogP contribution is -2.45. The van der Waals surface area contributed by atoms with Gasteiger partial charge in [0.25, 0.3) is 0 Å². The van der Waals surface area contributed by atoms with E-state index < -0.39 is 6.03 Å². The first-order valence-corrected chi connectivity index (χ1v) is 12.1. The van der Waals surface area contributed by atoms with Crippen LogP contribution in [0, 0.1) is 0 Å². The summed E-state index contributed by atoms with van der Waals surface area (Å²) in [4.78, 5) is 29.7. The van der Waals surface area contributed by atoms with Gasteiger partial charge in [-0.3, -0.25) is 4.79 Å². The number of aromatic nitrogens is 1. The summed E-state index contributed by atoms with van der Waals surface area (Å²) in [6.45, 7) is 6.62. The first kappa shape index (κ1) is 27.0. The predicted octanol–water partition coefficient (Wildman–Crippen LogP) is 5.42. The average molecular weight is 497 g/mol. The molecule has 2 aromatic rings. The number of unbranched alkanes of at least 4 members (excludes halogenated alkanes) is 1. The van der Waals surface area contributed by atoms with Gasteiger partial charge in [-0.1, -0.05) is 36.5 Å². The van der Waals surface area contributed by atoms with Crippen molar-refractivity contribution in [3.05, 3.63) is 52.3 Å². The lowest BCUT2D eigenvalue weighted by atomic mass is 10.2. The van der Waals surface area contributed by atoms with Crippen LogP contribution in [0.3, 0.4) is 0 Å². The summed E-state index contributed by atoms with van der Waals surface area (Å²) >= 11 is 12.2. The van der Waals surface area contributed by atoms with Crippen molar-refractivity contribution >= 4 is 40.8 Å². The molecular weight excluding hydrogens is 463 g/mol. The Kier molecular flexibility index (Phi) is 11.6. The number of amides is 3. The molecule has 0 saturated heterocycles. The van der Waals surface area contributed by atoms with Crippen molar-refractivity contribution in [1.29, 1.82) is 0 Å². The van der Waals surface area contributed by atoms with Gasteiger partial charge in [0.15, 0.2) is 0 Å². The highest BCUT2D eigenvalue weighted by Crippen LogP contribution is 2.25. The molecule has 0 radical (unpaired) electrons. The van der Waals surface area contributed by atoms with Crippen LogP contribution in [0.15, 0.2) is 36.5 Å². The Morgan fingerprint density at radius 2 is 1.85 bits per heavy atom. The smallest absolute Gasteiger partial charge is 0.322 e. The molecule has 7 nitrogen and oxygen atoms in total. The van der Waals surface area contributed by atoms with E-state index in [0.29, 0.717) is 55.0 Å². The van der Waals surface area contributed by atoms with Gasteiger partial charge in [0.05, 0.1) is 17.3 Å². The van der Waals surface area contributed by atoms with Gasteiger partial charge in [-0.2, -0.15) is 0 Å². The van der Waals surface area contributed by atoms with Gasteiger partial charge < -0.3 is 24.4 Å². The Hall–Kier alpha value is -2.22. The van der Waals surface area contributed by atoms with E-state index in [-0.39, 0.29) is 12.5 Å². The van der Waals surface area contributed by atoms with Crippen LogP contribution in [0.2, 0.25) is 10.0 Å². The van der Waals surface area contributed by atoms with Crippen molar-refractivity contribution in [2.45, 2.75) is 39.7 Å². The number of urea groups is 1. The number of rotatable bonds is 13. The van der Waals surface area contributed by atoms with Gasteiger partial charge in [-0.05, 0) is 50.1 Å². The van der Waals surface area contributed by atoms with E-state index in [2.05, 4.69) is 12.2 Å². The molecule has 1 heterocycles. The standard InChI is InChI=1S/C24H34Cl2N4O3/c1-4-6-13-29(17-20-9-7-12-28(20)3)23(31)18-30(14-8-15-33-5-2)24(32)27-22-11-10-19(25)16-21(22)26/h7,9-12,16H,4-6,8,13-15,17-18H2,1-3H3,(H,27,32). The van der Waals surface area contributed by atoms with E-state index in [1.807, 2.05) is 41.8 Å². The van der Waals surface area contributed by atoms with Gasteiger partial charge in [0.1, 0.15) is 6.54 Å². The van der Waals surface area contributed by atoms with Gasteiger partial charge in [-0.25, -0.2) is 4.79 Å². The summed E-state index contributed by atoms with van der Waals surface area (Å²) in [5.41, 5.74) is 1.49. The minimum Gasteiger partial charge on any atom is -0.382 e. The van der Waals surface area contributed by atoms with Crippen LogP contribution in [0.4, 0.5) is 10.5 Å². The first-order chi connectivity index (χ1) is 15.8. The molecule has 0 atom stereocenters. The second-order valence-corrected chi connectivity index (χ2v) is 8.65. The molecule has 33 heavy (non-hydrogen) atoms. The van der Waals surface area contributed by atoms with E-state index in [4.69, 9.17) is 27.9 Å². The maximum Gasteiger partial charge on any atom is 0.322 e. The van der Waals surface area contributed by atoms with Crippen LogP contribution >= 0.6 is 23.2 Å². The number of benzene rings is 1. The maximum atomic E-state index is 13.3. The number of halogens is 2. The molecule has 0 aliphatic rings. The highest BCUT2D eigenvalue weighted by Gasteiger charge is 2.22. The van der Waals surface area contributed by atoms with Gasteiger partial charge in [0.2, 0.25) is 5.91 Å². The first-order valence-electron chi connectivity index (χ1n) is 11.3. The zero-order valence-electron chi connectivity index (χ0n) is 19.7. The average Bonchev–Trinajstić information content (AvgIpc) is 3.19. The van der Waals surface area contributed by atoms with Crippen molar-refractivity contribution in [2.75, 3.05) is 38.2 Å². The zero-order chi connectivity index (χ0) is 24.2. The molecule has 0 aliphatic heterocycles.